The molecule has 0 radical (unpaired) electrons. The molecule has 2 N–H and O–H groups in total. The Labute approximate surface area is 92.8 Å². The molecule has 0 amide bonds. The first-order valence-electron chi connectivity index (χ1n) is 4.37. The van der Waals surface area contributed by atoms with Gasteiger partial charge in [-0.25, -0.2) is 4.39 Å². The summed E-state index contributed by atoms with van der Waals surface area (Å²) in [6.07, 6.45) is 0. The van der Waals surface area contributed by atoms with Crippen LogP contribution in [0.1, 0.15) is 12.5 Å². The van der Waals surface area contributed by atoms with E-state index in [0.717, 1.165) is 17.1 Å². The van der Waals surface area contributed by atoms with Crippen LogP contribution in [0.15, 0.2) is 18.2 Å². The number of rotatable bonds is 4. The van der Waals surface area contributed by atoms with Crippen molar-refractivity contribution in [3.05, 3.63) is 34.6 Å². The summed E-state index contributed by atoms with van der Waals surface area (Å²) in [4.78, 5) is 0. The third-order valence-electron chi connectivity index (χ3n) is 1.65. The summed E-state index contributed by atoms with van der Waals surface area (Å²) in [6.45, 7) is 1.96. The SMILES string of the molecule is CC(N)CSCc1ccc(F)cc1Cl. The highest BCUT2D eigenvalue weighted by Gasteiger charge is 2.02. The number of thioether (sulfide) groups is 1. The molecule has 0 saturated heterocycles. The lowest BCUT2D eigenvalue weighted by atomic mass is 10.2. The van der Waals surface area contributed by atoms with Crippen molar-refractivity contribution < 1.29 is 4.39 Å². The second-order valence-corrected chi connectivity index (χ2v) is 4.67. The number of nitrogens with two attached hydrogens (primary N) is 1. The Hall–Kier alpha value is -0.250. The lowest BCUT2D eigenvalue weighted by Gasteiger charge is -2.06. The highest BCUT2D eigenvalue weighted by atomic mass is 35.5. The monoisotopic (exact) mass is 233 g/mol. The van der Waals surface area contributed by atoms with E-state index in [1.54, 1.807) is 17.8 Å². The molecule has 0 aliphatic rings. The van der Waals surface area contributed by atoms with Crippen LogP contribution in [0.25, 0.3) is 0 Å². The van der Waals surface area contributed by atoms with Crippen LogP contribution in [0, 0.1) is 5.82 Å². The van der Waals surface area contributed by atoms with Gasteiger partial charge in [-0.2, -0.15) is 11.8 Å². The van der Waals surface area contributed by atoms with Crippen LogP contribution in [-0.4, -0.2) is 11.8 Å². The summed E-state index contributed by atoms with van der Waals surface area (Å²) < 4.78 is 12.7. The Morgan fingerprint density at radius 3 is 2.86 bits per heavy atom. The fraction of sp³-hybridized carbons (Fsp3) is 0.400. The van der Waals surface area contributed by atoms with E-state index in [2.05, 4.69) is 0 Å². The molecule has 0 bridgehead atoms. The number of halogens is 2. The maximum atomic E-state index is 12.7. The second-order valence-electron chi connectivity index (χ2n) is 3.23. The minimum atomic E-state index is -0.295. The molecule has 0 heterocycles. The molecule has 14 heavy (non-hydrogen) atoms. The van der Waals surface area contributed by atoms with E-state index < -0.39 is 0 Å². The average Bonchev–Trinajstić information content (AvgIpc) is 2.08. The van der Waals surface area contributed by atoms with Gasteiger partial charge in [-0.05, 0) is 24.6 Å². The van der Waals surface area contributed by atoms with E-state index in [1.165, 1.54) is 12.1 Å². The van der Waals surface area contributed by atoms with Gasteiger partial charge in [-0.1, -0.05) is 17.7 Å². The molecular formula is C10H13ClFNS. The molecule has 0 aromatic heterocycles. The van der Waals surface area contributed by atoms with E-state index in [0.29, 0.717) is 5.02 Å². The molecule has 0 aliphatic carbocycles. The average molecular weight is 234 g/mol. The summed E-state index contributed by atoms with van der Waals surface area (Å²) in [5, 5.41) is 0.488. The van der Waals surface area contributed by atoms with Crippen LogP contribution >= 0.6 is 23.4 Å². The zero-order chi connectivity index (χ0) is 10.6. The van der Waals surface area contributed by atoms with E-state index in [9.17, 15) is 4.39 Å². The highest BCUT2D eigenvalue weighted by molar-refractivity contribution is 7.98. The third-order valence-corrected chi connectivity index (χ3v) is 3.28. The Kier molecular flexibility index (Phi) is 4.72. The van der Waals surface area contributed by atoms with Crippen LogP contribution in [0.3, 0.4) is 0 Å². The van der Waals surface area contributed by atoms with Crippen LogP contribution in [0.2, 0.25) is 5.02 Å². The van der Waals surface area contributed by atoms with Crippen molar-refractivity contribution in [1.82, 2.24) is 0 Å². The van der Waals surface area contributed by atoms with Crippen LogP contribution in [0.4, 0.5) is 4.39 Å². The Morgan fingerprint density at radius 1 is 1.57 bits per heavy atom. The smallest absolute Gasteiger partial charge is 0.124 e. The van der Waals surface area contributed by atoms with E-state index >= 15 is 0 Å². The number of benzene rings is 1. The molecule has 1 aromatic rings. The Bertz CT molecular complexity index is 304. The molecule has 0 aliphatic heterocycles. The number of hydrogen-bond donors (Lipinski definition) is 1. The molecular weight excluding hydrogens is 221 g/mol. The molecule has 1 aromatic carbocycles. The minimum Gasteiger partial charge on any atom is -0.327 e. The second kappa shape index (κ2) is 5.59. The van der Waals surface area contributed by atoms with Gasteiger partial charge in [-0.15, -0.1) is 0 Å². The third kappa shape index (κ3) is 3.86. The predicted molar refractivity (Wildman–Crippen MR) is 61.2 cm³/mol. The molecule has 0 saturated carbocycles. The van der Waals surface area contributed by atoms with Gasteiger partial charge in [0.2, 0.25) is 0 Å². The van der Waals surface area contributed by atoms with Crippen molar-refractivity contribution in [3.63, 3.8) is 0 Å². The van der Waals surface area contributed by atoms with E-state index in [-0.39, 0.29) is 11.9 Å². The standard InChI is InChI=1S/C10H13ClFNS/c1-7(13)5-14-6-8-2-3-9(12)4-10(8)11/h2-4,7H,5-6,13H2,1H3. The van der Waals surface area contributed by atoms with Gasteiger partial charge in [-0.3, -0.25) is 0 Å². The summed E-state index contributed by atoms with van der Waals surface area (Å²) in [5.74, 6) is 1.37. The summed E-state index contributed by atoms with van der Waals surface area (Å²) >= 11 is 7.56. The first-order chi connectivity index (χ1) is 6.59. The largest absolute Gasteiger partial charge is 0.327 e. The van der Waals surface area contributed by atoms with Crippen molar-refractivity contribution in [1.29, 1.82) is 0 Å². The zero-order valence-electron chi connectivity index (χ0n) is 7.97. The van der Waals surface area contributed by atoms with Crippen LogP contribution < -0.4 is 5.73 Å². The first kappa shape index (κ1) is 11.8. The molecule has 1 rings (SSSR count). The van der Waals surface area contributed by atoms with Gasteiger partial charge >= 0.3 is 0 Å². The lowest BCUT2D eigenvalue weighted by Crippen LogP contribution is -2.17. The van der Waals surface area contributed by atoms with E-state index in [1.807, 2.05) is 6.92 Å². The highest BCUT2D eigenvalue weighted by Crippen LogP contribution is 2.22. The Morgan fingerprint density at radius 2 is 2.29 bits per heavy atom. The van der Waals surface area contributed by atoms with Gasteiger partial charge < -0.3 is 5.73 Å². The lowest BCUT2D eigenvalue weighted by molar-refractivity contribution is 0.627. The first-order valence-corrected chi connectivity index (χ1v) is 5.90. The van der Waals surface area contributed by atoms with Gasteiger partial charge in [0.25, 0.3) is 0 Å². The van der Waals surface area contributed by atoms with Crippen LogP contribution in [0.5, 0.6) is 0 Å². The molecule has 0 fully saturated rings. The van der Waals surface area contributed by atoms with Crippen molar-refractivity contribution in [3.8, 4) is 0 Å². The quantitative estimate of drug-likeness (QED) is 0.865. The maximum absolute atomic E-state index is 12.7. The van der Waals surface area contributed by atoms with Crippen molar-refractivity contribution >= 4 is 23.4 Å². The van der Waals surface area contributed by atoms with Gasteiger partial charge in [0.1, 0.15) is 5.82 Å². The van der Waals surface area contributed by atoms with Gasteiger partial charge in [0.05, 0.1) is 0 Å². The summed E-state index contributed by atoms with van der Waals surface area (Å²) in [6, 6.07) is 4.65. The predicted octanol–water partition coefficient (Wildman–Crippen LogP) is 3.06. The van der Waals surface area contributed by atoms with Crippen molar-refractivity contribution in [2.75, 3.05) is 5.75 Å². The summed E-state index contributed by atoms with van der Waals surface area (Å²) in [5.41, 5.74) is 6.56. The molecule has 1 unspecified atom stereocenters. The normalized spacial score (nSPS) is 12.9. The van der Waals surface area contributed by atoms with Crippen LogP contribution in [-0.2, 0) is 5.75 Å². The molecule has 78 valence electrons. The molecule has 1 nitrogen and oxygen atoms in total. The Balaban J connectivity index is 2.51. The van der Waals surface area contributed by atoms with Gasteiger partial charge in [0.15, 0.2) is 0 Å². The minimum absolute atomic E-state index is 0.180. The topological polar surface area (TPSA) is 26.0 Å². The van der Waals surface area contributed by atoms with E-state index in [4.69, 9.17) is 17.3 Å². The fourth-order valence-electron chi connectivity index (χ4n) is 0.994. The molecule has 0 spiro atoms. The van der Waals surface area contributed by atoms with Crippen molar-refractivity contribution in [2.45, 2.75) is 18.7 Å². The van der Waals surface area contributed by atoms with Crippen molar-refractivity contribution in [2.24, 2.45) is 5.73 Å². The van der Waals surface area contributed by atoms with Gasteiger partial charge in [0, 0.05) is 22.6 Å². The zero-order valence-corrected chi connectivity index (χ0v) is 9.54. The number of hydrogen-bond acceptors (Lipinski definition) is 2. The molecule has 4 heteroatoms. The molecule has 1 atom stereocenters. The maximum Gasteiger partial charge on any atom is 0.124 e. The summed E-state index contributed by atoms with van der Waals surface area (Å²) in [7, 11) is 0. The fourth-order valence-corrected chi connectivity index (χ4v) is 2.27.